The smallest absolute Gasteiger partial charge is 0.294 e. The van der Waals surface area contributed by atoms with Crippen molar-refractivity contribution in [3.05, 3.63) is 68.7 Å². The Morgan fingerprint density at radius 3 is 2.00 bits per heavy atom. The van der Waals surface area contributed by atoms with Gasteiger partial charge in [0.2, 0.25) is 11.8 Å². The third kappa shape index (κ3) is 3.50. The number of halogens is 2. The first-order valence-corrected chi connectivity index (χ1v) is 12.4. The molecule has 0 radical (unpaired) electrons. The van der Waals surface area contributed by atoms with E-state index in [0.29, 0.717) is 41.9 Å². The number of anilines is 3. The van der Waals surface area contributed by atoms with E-state index in [1.807, 2.05) is 29.2 Å². The molecule has 0 aromatic heterocycles. The lowest BCUT2D eigenvalue weighted by Gasteiger charge is -2.37. The molecule has 35 heavy (non-hydrogen) atoms. The average molecular weight is 513 g/mol. The fourth-order valence-electron chi connectivity index (χ4n) is 6.11. The Morgan fingerprint density at radius 2 is 1.40 bits per heavy atom. The van der Waals surface area contributed by atoms with Gasteiger partial charge in [0.25, 0.3) is 5.69 Å². The molecule has 6 rings (SSSR count). The lowest BCUT2D eigenvalue weighted by molar-refractivity contribution is -0.384. The van der Waals surface area contributed by atoms with Gasteiger partial charge >= 0.3 is 0 Å². The van der Waals surface area contributed by atoms with Crippen LogP contribution in [0.2, 0.25) is 10.0 Å². The summed E-state index contributed by atoms with van der Waals surface area (Å²) in [6, 6.07) is 10.2. The number of carbonyl (C=O) groups excluding carboxylic acids is 2. The second-order valence-electron chi connectivity index (χ2n) is 9.51. The number of hydrogen-bond donors (Lipinski definition) is 0. The monoisotopic (exact) mass is 512 g/mol. The molecule has 2 aliphatic heterocycles. The number of nitrogens with zero attached hydrogens (tertiary/aromatic N) is 4. The van der Waals surface area contributed by atoms with E-state index in [4.69, 9.17) is 23.2 Å². The fraction of sp³-hybridized carbons (Fsp3) is 0.360. The topological polar surface area (TPSA) is 87.0 Å². The SMILES string of the molecule is O=C1C2C3C=CC(C3)C2C(=O)N1c1ccc(N2CCN(c3ccc(Cl)c(Cl)c3)CC2)c([N+](=O)[O-])c1. The van der Waals surface area contributed by atoms with Crippen LogP contribution in [0, 0.1) is 33.8 Å². The summed E-state index contributed by atoms with van der Waals surface area (Å²) >= 11 is 12.2. The van der Waals surface area contributed by atoms with Crippen LogP contribution in [0.25, 0.3) is 0 Å². The van der Waals surface area contributed by atoms with Crippen LogP contribution in [-0.2, 0) is 9.59 Å². The summed E-state index contributed by atoms with van der Waals surface area (Å²) in [6.45, 7) is 2.45. The predicted octanol–water partition coefficient (Wildman–Crippen LogP) is 4.54. The van der Waals surface area contributed by atoms with Crippen molar-refractivity contribution in [3.63, 3.8) is 0 Å². The maximum Gasteiger partial charge on any atom is 0.294 e. The maximum atomic E-state index is 13.1. The highest BCUT2D eigenvalue weighted by atomic mass is 35.5. The van der Waals surface area contributed by atoms with Crippen LogP contribution in [0.4, 0.5) is 22.7 Å². The number of benzene rings is 2. The number of nitro groups is 1. The molecule has 2 aliphatic carbocycles. The van der Waals surface area contributed by atoms with Crippen molar-refractivity contribution in [1.29, 1.82) is 0 Å². The Balaban J connectivity index is 1.23. The molecule has 3 fully saturated rings. The van der Waals surface area contributed by atoms with Gasteiger partial charge in [0, 0.05) is 37.9 Å². The second kappa shape index (κ2) is 8.24. The summed E-state index contributed by atoms with van der Waals surface area (Å²) < 4.78 is 0. The molecule has 4 atom stereocenters. The van der Waals surface area contributed by atoms with Gasteiger partial charge in [0.05, 0.1) is 32.5 Å². The largest absolute Gasteiger partial charge is 0.368 e. The zero-order valence-corrected chi connectivity index (χ0v) is 20.2. The van der Waals surface area contributed by atoms with Crippen molar-refractivity contribution in [3.8, 4) is 0 Å². The van der Waals surface area contributed by atoms with E-state index in [2.05, 4.69) is 4.90 Å². The molecule has 2 bridgehead atoms. The Hall–Kier alpha value is -3.10. The highest BCUT2D eigenvalue weighted by Gasteiger charge is 2.59. The summed E-state index contributed by atoms with van der Waals surface area (Å²) in [5, 5.41) is 13.0. The minimum atomic E-state index is -0.443. The fourth-order valence-corrected chi connectivity index (χ4v) is 6.40. The molecule has 1 saturated carbocycles. The van der Waals surface area contributed by atoms with Crippen molar-refractivity contribution in [1.82, 2.24) is 0 Å². The Labute approximate surface area is 211 Å². The molecule has 2 aromatic rings. The molecule has 4 unspecified atom stereocenters. The molecule has 2 amide bonds. The third-order valence-corrected chi connectivity index (χ3v) is 8.51. The van der Waals surface area contributed by atoms with Crippen LogP contribution < -0.4 is 14.7 Å². The zero-order valence-electron chi connectivity index (χ0n) is 18.6. The normalized spacial score (nSPS) is 27.2. The van der Waals surface area contributed by atoms with Crippen LogP contribution in [0.15, 0.2) is 48.6 Å². The van der Waals surface area contributed by atoms with Gasteiger partial charge in [-0.3, -0.25) is 19.7 Å². The van der Waals surface area contributed by atoms with Gasteiger partial charge in [-0.15, -0.1) is 0 Å². The van der Waals surface area contributed by atoms with Gasteiger partial charge in [-0.25, -0.2) is 4.90 Å². The minimum Gasteiger partial charge on any atom is -0.368 e. The van der Waals surface area contributed by atoms with Gasteiger partial charge < -0.3 is 9.80 Å². The van der Waals surface area contributed by atoms with Crippen molar-refractivity contribution >= 4 is 57.8 Å². The first kappa shape index (κ1) is 22.4. The number of piperazine rings is 1. The maximum absolute atomic E-state index is 13.1. The highest BCUT2D eigenvalue weighted by Crippen LogP contribution is 2.53. The lowest BCUT2D eigenvalue weighted by Crippen LogP contribution is -2.46. The quantitative estimate of drug-likeness (QED) is 0.258. The van der Waals surface area contributed by atoms with E-state index in [9.17, 15) is 19.7 Å². The summed E-state index contributed by atoms with van der Waals surface area (Å²) in [5.74, 6) is -0.986. The van der Waals surface area contributed by atoms with Crippen molar-refractivity contribution in [2.75, 3.05) is 40.9 Å². The van der Waals surface area contributed by atoms with Gasteiger partial charge in [-0.2, -0.15) is 0 Å². The number of fused-ring (bicyclic) bond motifs is 5. The molecule has 180 valence electrons. The van der Waals surface area contributed by atoms with Gasteiger partial charge in [0.15, 0.2) is 0 Å². The Morgan fingerprint density at radius 1 is 0.800 bits per heavy atom. The third-order valence-electron chi connectivity index (χ3n) is 7.77. The van der Waals surface area contributed by atoms with Gasteiger partial charge in [-0.05, 0) is 48.6 Å². The number of allylic oxidation sites excluding steroid dienone is 2. The van der Waals surface area contributed by atoms with Gasteiger partial charge in [0.1, 0.15) is 5.69 Å². The minimum absolute atomic E-state index is 0.0903. The second-order valence-corrected chi connectivity index (χ2v) is 10.3. The van der Waals surface area contributed by atoms with Gasteiger partial charge in [-0.1, -0.05) is 35.4 Å². The van der Waals surface area contributed by atoms with Crippen LogP contribution in [-0.4, -0.2) is 42.9 Å². The van der Waals surface area contributed by atoms with E-state index in [-0.39, 0.29) is 46.9 Å². The van der Waals surface area contributed by atoms with E-state index < -0.39 is 4.92 Å². The molecule has 4 aliphatic rings. The van der Waals surface area contributed by atoms with E-state index in [0.717, 1.165) is 12.1 Å². The molecular weight excluding hydrogens is 491 g/mol. The van der Waals surface area contributed by atoms with E-state index >= 15 is 0 Å². The standard InChI is InChI=1S/C25H22Cl2N4O4/c26-18-5-3-16(12-19(18)27)28-7-9-29(10-8-28)20-6-4-17(13-21(20)31(34)35)30-24(32)22-14-1-2-15(11-14)23(22)25(30)33/h1-6,12-15,22-23H,7-11H2. The van der Waals surface area contributed by atoms with Crippen molar-refractivity contribution in [2.24, 2.45) is 23.7 Å². The summed E-state index contributed by atoms with van der Waals surface area (Å²) in [6.07, 6.45) is 4.90. The number of hydrogen-bond acceptors (Lipinski definition) is 6. The first-order chi connectivity index (χ1) is 16.8. The number of rotatable bonds is 4. The van der Waals surface area contributed by atoms with Crippen LogP contribution in [0.1, 0.15) is 6.42 Å². The van der Waals surface area contributed by atoms with Crippen LogP contribution in [0.5, 0.6) is 0 Å². The summed E-state index contributed by atoms with van der Waals surface area (Å²) in [7, 11) is 0. The molecule has 2 heterocycles. The molecular formula is C25H22Cl2N4O4. The summed E-state index contributed by atoms with van der Waals surface area (Å²) in [5.41, 5.74) is 1.60. The van der Waals surface area contributed by atoms with Crippen molar-refractivity contribution < 1.29 is 14.5 Å². The number of amides is 2. The number of nitro benzene ring substituents is 1. The Bertz CT molecular complexity index is 1260. The predicted molar refractivity (Wildman–Crippen MR) is 134 cm³/mol. The van der Waals surface area contributed by atoms with Crippen molar-refractivity contribution in [2.45, 2.75) is 6.42 Å². The number of imide groups is 1. The van der Waals surface area contributed by atoms with E-state index in [1.165, 1.54) is 11.0 Å². The zero-order chi connectivity index (χ0) is 24.4. The molecule has 0 spiro atoms. The van der Waals surface area contributed by atoms with Crippen LogP contribution >= 0.6 is 23.2 Å². The molecule has 0 N–H and O–H groups in total. The highest BCUT2D eigenvalue weighted by molar-refractivity contribution is 6.42. The van der Waals surface area contributed by atoms with Crippen LogP contribution in [0.3, 0.4) is 0 Å². The van der Waals surface area contributed by atoms with E-state index in [1.54, 1.807) is 18.2 Å². The Kier molecular flexibility index (Phi) is 5.27. The lowest BCUT2D eigenvalue weighted by atomic mass is 9.85. The molecule has 8 nitrogen and oxygen atoms in total. The average Bonchev–Trinajstić information content (AvgIpc) is 3.54. The summed E-state index contributed by atoms with van der Waals surface area (Å²) in [4.78, 5) is 43.1. The molecule has 2 aromatic carbocycles. The molecule has 10 heteroatoms. The number of carbonyl (C=O) groups is 2. The first-order valence-electron chi connectivity index (χ1n) is 11.6. The molecule has 2 saturated heterocycles.